The molecule has 0 aliphatic heterocycles. The van der Waals surface area contributed by atoms with Crippen LogP contribution in [0.2, 0.25) is 5.02 Å². The van der Waals surface area contributed by atoms with Crippen molar-refractivity contribution in [2.24, 2.45) is 0 Å². The van der Waals surface area contributed by atoms with E-state index in [9.17, 15) is 34.6 Å². The number of nitrogens with one attached hydrogen (secondary N) is 1. The Hall–Kier alpha value is -4.75. The second kappa shape index (κ2) is 10.5. The van der Waals surface area contributed by atoms with E-state index in [1.807, 2.05) is 0 Å². The molecule has 14 heteroatoms. The van der Waals surface area contributed by atoms with Crippen LogP contribution in [0.5, 0.6) is 0 Å². The van der Waals surface area contributed by atoms with E-state index in [1.165, 1.54) is 54.6 Å². The van der Waals surface area contributed by atoms with Crippen LogP contribution in [-0.4, -0.2) is 39.1 Å². The Balaban J connectivity index is 1.45. The predicted octanol–water partition coefficient (Wildman–Crippen LogP) is 4.79. The third-order valence-electron chi connectivity index (χ3n) is 4.96. The van der Waals surface area contributed by atoms with Gasteiger partial charge in [0.2, 0.25) is 0 Å². The maximum Gasteiger partial charge on any atom is 0.339 e. The molecule has 0 radical (unpaired) electrons. The Labute approximate surface area is 215 Å². The highest BCUT2D eigenvalue weighted by Gasteiger charge is 2.23. The second-order valence-corrected chi connectivity index (χ2v) is 8.79. The Bertz CT molecular complexity index is 1600. The zero-order valence-corrected chi connectivity index (χ0v) is 19.9. The van der Waals surface area contributed by atoms with Crippen LogP contribution in [0.3, 0.4) is 0 Å². The minimum Gasteiger partial charge on any atom is -0.452 e. The number of carbonyl (C=O) groups excluding carboxylic acids is 3. The van der Waals surface area contributed by atoms with E-state index in [1.54, 1.807) is 0 Å². The maximum absolute atomic E-state index is 13.0. The minimum atomic E-state index is -0.970. The number of non-ortho nitro benzene ring substituents is 1. The lowest BCUT2D eigenvalue weighted by Crippen LogP contribution is -2.22. The summed E-state index contributed by atoms with van der Waals surface area (Å²) >= 11 is 6.81. The molecule has 1 heterocycles. The molecule has 1 N–H and O–H groups in total. The van der Waals surface area contributed by atoms with Crippen molar-refractivity contribution in [3.8, 4) is 0 Å². The summed E-state index contributed by atoms with van der Waals surface area (Å²) in [6, 6.07) is 13.2. The first kappa shape index (κ1) is 25.3. The summed E-state index contributed by atoms with van der Waals surface area (Å²) < 4.78 is 5.53. The van der Waals surface area contributed by atoms with Crippen LogP contribution in [0.4, 0.5) is 16.5 Å². The summed E-state index contributed by atoms with van der Waals surface area (Å²) in [7, 11) is 0. The zero-order valence-electron chi connectivity index (χ0n) is 18.4. The number of aromatic nitrogens is 1. The molecular weight excluding hydrogens is 528 g/mol. The Morgan fingerprint density at radius 3 is 2.41 bits per heavy atom. The number of thiazole rings is 1. The molecular formula is C23H13ClN4O8S. The fourth-order valence-corrected chi connectivity index (χ4v) is 4.35. The van der Waals surface area contributed by atoms with Gasteiger partial charge in [-0.3, -0.25) is 35.1 Å². The number of halogens is 1. The number of ketones is 1. The molecule has 0 spiro atoms. The molecule has 0 saturated carbocycles. The van der Waals surface area contributed by atoms with Crippen LogP contribution in [0.25, 0.3) is 10.2 Å². The molecule has 0 bridgehead atoms. The standard InChI is InChI=1S/C23H13ClN4O8S/c24-16-7-5-12(9-18(16)28(34)35)21(30)14-3-1-2-4-15(14)22(31)36-11-20(29)26-23-25-17-8-6-13(27(32)33)10-19(17)37-23/h1-10H,11H2,(H,25,26,29). The van der Waals surface area contributed by atoms with Gasteiger partial charge in [-0.15, -0.1) is 0 Å². The summed E-state index contributed by atoms with van der Waals surface area (Å²) in [5.41, 5.74) is -0.441. The van der Waals surface area contributed by atoms with Crippen LogP contribution in [0, 0.1) is 20.2 Å². The smallest absolute Gasteiger partial charge is 0.339 e. The summed E-state index contributed by atoms with van der Waals surface area (Å²) in [6.45, 7) is -0.705. The number of carbonyl (C=O) groups is 3. The van der Waals surface area contributed by atoms with E-state index >= 15 is 0 Å². The molecule has 12 nitrogen and oxygen atoms in total. The van der Waals surface area contributed by atoms with E-state index in [0.717, 1.165) is 17.4 Å². The van der Waals surface area contributed by atoms with Crippen molar-refractivity contribution in [3.63, 3.8) is 0 Å². The van der Waals surface area contributed by atoms with Crippen LogP contribution >= 0.6 is 22.9 Å². The summed E-state index contributed by atoms with van der Waals surface area (Å²) in [4.78, 5) is 62.9. The number of hydrogen-bond donors (Lipinski definition) is 1. The molecule has 0 aliphatic carbocycles. The Morgan fingerprint density at radius 2 is 1.70 bits per heavy atom. The highest BCUT2D eigenvalue weighted by atomic mass is 35.5. The molecule has 4 aromatic rings. The van der Waals surface area contributed by atoms with Gasteiger partial charge in [0.25, 0.3) is 17.3 Å². The number of nitro groups is 2. The van der Waals surface area contributed by atoms with Crippen molar-refractivity contribution in [1.29, 1.82) is 0 Å². The largest absolute Gasteiger partial charge is 0.452 e. The first-order valence-corrected chi connectivity index (χ1v) is 11.4. The van der Waals surface area contributed by atoms with Crippen molar-refractivity contribution < 1.29 is 29.0 Å². The fraction of sp³-hybridized carbons (Fsp3) is 0.0435. The summed E-state index contributed by atoms with van der Waals surface area (Å²) in [5, 5.41) is 24.5. The number of rotatable bonds is 8. The van der Waals surface area contributed by atoms with Crippen molar-refractivity contribution >= 4 is 67.3 Å². The van der Waals surface area contributed by atoms with Gasteiger partial charge in [0, 0.05) is 29.3 Å². The minimum absolute atomic E-state index is 0.0647. The Morgan fingerprint density at radius 1 is 0.973 bits per heavy atom. The number of amides is 1. The number of hydrogen-bond acceptors (Lipinski definition) is 10. The van der Waals surface area contributed by atoms with Crippen LogP contribution in [0.15, 0.2) is 60.7 Å². The van der Waals surface area contributed by atoms with Gasteiger partial charge in [-0.25, -0.2) is 9.78 Å². The number of fused-ring (bicyclic) bond motifs is 1. The molecule has 0 unspecified atom stereocenters. The number of nitrogens with zero attached hydrogens (tertiary/aromatic N) is 3. The van der Waals surface area contributed by atoms with Gasteiger partial charge in [-0.05, 0) is 24.3 Å². The van der Waals surface area contributed by atoms with E-state index in [-0.39, 0.29) is 32.5 Å². The molecule has 4 rings (SSSR count). The molecule has 0 aliphatic rings. The quantitative estimate of drug-likeness (QED) is 0.143. The average Bonchev–Trinajstić information content (AvgIpc) is 3.28. The molecule has 186 valence electrons. The molecule has 0 atom stereocenters. The number of ether oxygens (including phenoxy) is 1. The second-order valence-electron chi connectivity index (χ2n) is 7.35. The van der Waals surface area contributed by atoms with E-state index in [4.69, 9.17) is 16.3 Å². The molecule has 1 amide bonds. The lowest BCUT2D eigenvalue weighted by atomic mass is 9.98. The molecule has 3 aromatic carbocycles. The highest BCUT2D eigenvalue weighted by molar-refractivity contribution is 7.22. The van der Waals surface area contributed by atoms with Gasteiger partial charge in [0.1, 0.15) is 5.02 Å². The monoisotopic (exact) mass is 540 g/mol. The lowest BCUT2D eigenvalue weighted by Gasteiger charge is -2.09. The first-order valence-electron chi connectivity index (χ1n) is 10.2. The third-order valence-corrected chi connectivity index (χ3v) is 6.21. The topological polar surface area (TPSA) is 172 Å². The summed E-state index contributed by atoms with van der Waals surface area (Å²) in [5.74, 6) is -2.37. The molecule has 0 fully saturated rings. The summed E-state index contributed by atoms with van der Waals surface area (Å²) in [6.07, 6.45) is 0. The average molecular weight is 541 g/mol. The number of esters is 1. The molecule has 37 heavy (non-hydrogen) atoms. The maximum atomic E-state index is 13.0. The first-order chi connectivity index (χ1) is 17.6. The highest BCUT2D eigenvalue weighted by Crippen LogP contribution is 2.29. The third kappa shape index (κ3) is 5.58. The van der Waals surface area contributed by atoms with Gasteiger partial charge in [0.05, 0.1) is 25.6 Å². The lowest BCUT2D eigenvalue weighted by molar-refractivity contribution is -0.384. The van der Waals surface area contributed by atoms with E-state index in [2.05, 4.69) is 10.3 Å². The predicted molar refractivity (Wildman–Crippen MR) is 133 cm³/mol. The van der Waals surface area contributed by atoms with Crippen molar-refractivity contribution in [3.05, 3.63) is 103 Å². The number of anilines is 1. The van der Waals surface area contributed by atoms with Crippen LogP contribution in [-0.2, 0) is 9.53 Å². The Kier molecular flexibility index (Phi) is 7.18. The van der Waals surface area contributed by atoms with Crippen LogP contribution < -0.4 is 5.32 Å². The van der Waals surface area contributed by atoms with Gasteiger partial charge >= 0.3 is 5.97 Å². The van der Waals surface area contributed by atoms with Crippen molar-refractivity contribution in [2.75, 3.05) is 11.9 Å². The van der Waals surface area contributed by atoms with Crippen molar-refractivity contribution in [2.45, 2.75) is 0 Å². The molecule has 0 saturated heterocycles. The van der Waals surface area contributed by atoms with E-state index < -0.39 is 39.8 Å². The van der Waals surface area contributed by atoms with Gasteiger partial charge in [-0.1, -0.05) is 41.1 Å². The molecule has 1 aromatic heterocycles. The van der Waals surface area contributed by atoms with Crippen molar-refractivity contribution in [1.82, 2.24) is 4.98 Å². The fourth-order valence-electron chi connectivity index (χ4n) is 3.25. The van der Waals surface area contributed by atoms with Crippen LogP contribution in [0.1, 0.15) is 26.3 Å². The van der Waals surface area contributed by atoms with Gasteiger partial charge in [0.15, 0.2) is 17.5 Å². The van der Waals surface area contributed by atoms with E-state index in [0.29, 0.717) is 10.2 Å². The number of nitro benzene ring substituents is 2. The van der Waals surface area contributed by atoms with Gasteiger partial charge < -0.3 is 4.74 Å². The zero-order chi connectivity index (χ0) is 26.7. The SMILES string of the molecule is O=C(COC(=O)c1ccccc1C(=O)c1ccc(Cl)c([N+](=O)[O-])c1)Nc1nc2ccc([N+](=O)[O-])cc2s1. The number of benzene rings is 3. The van der Waals surface area contributed by atoms with Gasteiger partial charge in [-0.2, -0.15) is 0 Å². The normalized spacial score (nSPS) is 10.6.